The summed E-state index contributed by atoms with van der Waals surface area (Å²) in [7, 11) is 0. The normalized spacial score (nSPS) is 44.8. The number of ether oxygens (including phenoxy) is 1. The molecular formula is C13H23NO2. The zero-order valence-electron chi connectivity index (χ0n) is 9.98. The number of hydrogen-bond acceptors (Lipinski definition) is 3. The third-order valence-corrected chi connectivity index (χ3v) is 4.63. The van der Waals surface area contributed by atoms with Crippen molar-refractivity contribution in [3.05, 3.63) is 0 Å². The summed E-state index contributed by atoms with van der Waals surface area (Å²) in [6.45, 7) is 4.35. The molecular weight excluding hydrogens is 202 g/mol. The molecule has 3 fully saturated rings. The topological polar surface area (TPSA) is 32.7 Å². The van der Waals surface area contributed by atoms with Crippen molar-refractivity contribution in [3.8, 4) is 0 Å². The summed E-state index contributed by atoms with van der Waals surface area (Å²) < 4.78 is 5.78. The van der Waals surface area contributed by atoms with Gasteiger partial charge in [0.2, 0.25) is 0 Å². The van der Waals surface area contributed by atoms with Crippen LogP contribution in [0.5, 0.6) is 0 Å². The number of hydrogen-bond donors (Lipinski definition) is 1. The minimum atomic E-state index is -0.0257. The van der Waals surface area contributed by atoms with Gasteiger partial charge in [0.1, 0.15) is 0 Å². The summed E-state index contributed by atoms with van der Waals surface area (Å²) >= 11 is 0. The molecule has 1 aliphatic carbocycles. The smallest absolute Gasteiger partial charge is 0.0702 e. The lowest BCUT2D eigenvalue weighted by Gasteiger charge is -2.27. The van der Waals surface area contributed by atoms with E-state index in [0.29, 0.717) is 12.0 Å². The van der Waals surface area contributed by atoms with Gasteiger partial charge in [0.15, 0.2) is 0 Å². The molecule has 4 atom stereocenters. The highest BCUT2D eigenvalue weighted by Gasteiger charge is 2.42. The van der Waals surface area contributed by atoms with Crippen LogP contribution in [0.3, 0.4) is 0 Å². The predicted molar refractivity (Wildman–Crippen MR) is 62.3 cm³/mol. The number of rotatable bonds is 2. The highest BCUT2D eigenvalue weighted by atomic mass is 16.5. The highest BCUT2D eigenvalue weighted by molar-refractivity contribution is 4.94. The summed E-state index contributed by atoms with van der Waals surface area (Å²) in [6.07, 6.45) is 6.49. The molecule has 3 aliphatic rings. The van der Waals surface area contributed by atoms with E-state index >= 15 is 0 Å². The molecule has 2 heterocycles. The van der Waals surface area contributed by atoms with Crippen LogP contribution in [0.2, 0.25) is 0 Å². The van der Waals surface area contributed by atoms with Crippen LogP contribution in [0, 0.1) is 11.8 Å². The van der Waals surface area contributed by atoms with E-state index in [1.807, 2.05) is 0 Å². The zero-order chi connectivity index (χ0) is 11.0. The molecule has 0 amide bonds. The second-order valence-electron chi connectivity index (χ2n) is 5.78. The molecule has 0 aromatic rings. The first-order valence-corrected chi connectivity index (χ1v) is 6.85. The minimum Gasteiger partial charge on any atom is -0.393 e. The van der Waals surface area contributed by atoms with Crippen molar-refractivity contribution in [1.29, 1.82) is 0 Å². The number of nitrogens with zero attached hydrogens (tertiary/aromatic N) is 1. The van der Waals surface area contributed by atoms with Crippen LogP contribution in [0.1, 0.15) is 32.1 Å². The highest BCUT2D eigenvalue weighted by Crippen LogP contribution is 2.38. The van der Waals surface area contributed by atoms with Gasteiger partial charge in [-0.1, -0.05) is 0 Å². The number of aliphatic hydroxyl groups is 1. The second kappa shape index (κ2) is 4.63. The fourth-order valence-corrected chi connectivity index (χ4v) is 3.72. The monoisotopic (exact) mass is 225 g/mol. The van der Waals surface area contributed by atoms with Gasteiger partial charge in [0.25, 0.3) is 0 Å². The van der Waals surface area contributed by atoms with Crippen molar-refractivity contribution < 1.29 is 9.84 Å². The van der Waals surface area contributed by atoms with E-state index in [1.54, 1.807) is 0 Å². The molecule has 2 aliphatic heterocycles. The lowest BCUT2D eigenvalue weighted by atomic mass is 10.00. The van der Waals surface area contributed by atoms with E-state index in [-0.39, 0.29) is 6.10 Å². The minimum absolute atomic E-state index is 0.0257. The Hall–Kier alpha value is -0.120. The third-order valence-electron chi connectivity index (χ3n) is 4.63. The molecule has 0 spiro atoms. The van der Waals surface area contributed by atoms with Gasteiger partial charge in [-0.05, 0) is 38.0 Å². The van der Waals surface area contributed by atoms with Crippen molar-refractivity contribution in [2.45, 2.75) is 44.3 Å². The van der Waals surface area contributed by atoms with Crippen molar-refractivity contribution in [2.75, 3.05) is 26.2 Å². The van der Waals surface area contributed by atoms with Gasteiger partial charge >= 0.3 is 0 Å². The van der Waals surface area contributed by atoms with Crippen molar-refractivity contribution >= 4 is 0 Å². The maximum absolute atomic E-state index is 9.87. The zero-order valence-corrected chi connectivity index (χ0v) is 9.98. The number of fused-ring (bicyclic) bond motifs is 1. The quantitative estimate of drug-likeness (QED) is 0.768. The molecule has 3 nitrogen and oxygen atoms in total. The molecule has 3 rings (SSSR count). The lowest BCUT2D eigenvalue weighted by molar-refractivity contribution is -0.00423. The fraction of sp³-hybridized carbons (Fsp3) is 1.00. The Balaban J connectivity index is 1.50. The Morgan fingerprint density at radius 1 is 1.12 bits per heavy atom. The average Bonchev–Trinajstić information content (AvgIpc) is 2.83. The van der Waals surface area contributed by atoms with Crippen LogP contribution in [0.15, 0.2) is 0 Å². The molecule has 1 saturated carbocycles. The van der Waals surface area contributed by atoms with E-state index in [1.165, 1.54) is 32.2 Å². The molecule has 0 bridgehead atoms. The summed E-state index contributed by atoms with van der Waals surface area (Å²) in [5, 5.41) is 9.87. The van der Waals surface area contributed by atoms with Gasteiger partial charge in [-0.25, -0.2) is 0 Å². The van der Waals surface area contributed by atoms with Crippen LogP contribution < -0.4 is 0 Å². The maximum atomic E-state index is 9.87. The van der Waals surface area contributed by atoms with Gasteiger partial charge in [0, 0.05) is 32.2 Å². The molecule has 3 heteroatoms. The van der Waals surface area contributed by atoms with Gasteiger partial charge in [-0.2, -0.15) is 0 Å². The Morgan fingerprint density at radius 3 is 2.81 bits per heavy atom. The molecule has 0 radical (unpaired) electrons. The first-order valence-electron chi connectivity index (χ1n) is 6.85. The second-order valence-corrected chi connectivity index (χ2v) is 5.78. The van der Waals surface area contributed by atoms with E-state index in [9.17, 15) is 5.11 Å². The lowest BCUT2D eigenvalue weighted by Crippen LogP contribution is -2.35. The Labute approximate surface area is 97.8 Å². The maximum Gasteiger partial charge on any atom is 0.0702 e. The van der Waals surface area contributed by atoms with E-state index < -0.39 is 0 Å². The number of aliphatic hydroxyl groups excluding tert-OH is 1. The SMILES string of the molecule is OC1CCC2CN(CC3CCCCO3)CC12. The van der Waals surface area contributed by atoms with Crippen LogP contribution in [0.4, 0.5) is 0 Å². The molecule has 0 aromatic heterocycles. The van der Waals surface area contributed by atoms with Crippen molar-refractivity contribution in [3.63, 3.8) is 0 Å². The van der Waals surface area contributed by atoms with Crippen LogP contribution >= 0.6 is 0 Å². The standard InChI is InChI=1S/C13H23NO2/c15-13-5-4-10-7-14(9-12(10)13)8-11-3-1-2-6-16-11/h10-13,15H,1-9H2. The van der Waals surface area contributed by atoms with Crippen LogP contribution in [0.25, 0.3) is 0 Å². The molecule has 16 heavy (non-hydrogen) atoms. The van der Waals surface area contributed by atoms with E-state index in [4.69, 9.17) is 4.74 Å². The predicted octanol–water partition coefficient (Wildman–Crippen LogP) is 1.26. The van der Waals surface area contributed by atoms with Crippen LogP contribution in [-0.4, -0.2) is 48.5 Å². The molecule has 2 saturated heterocycles. The van der Waals surface area contributed by atoms with Crippen molar-refractivity contribution in [1.82, 2.24) is 4.90 Å². The van der Waals surface area contributed by atoms with Gasteiger partial charge in [0.05, 0.1) is 12.2 Å². The fourth-order valence-electron chi connectivity index (χ4n) is 3.72. The van der Waals surface area contributed by atoms with E-state index in [2.05, 4.69) is 4.90 Å². The van der Waals surface area contributed by atoms with Crippen molar-refractivity contribution in [2.24, 2.45) is 11.8 Å². The summed E-state index contributed by atoms with van der Waals surface area (Å²) in [5.41, 5.74) is 0. The third kappa shape index (κ3) is 2.13. The summed E-state index contributed by atoms with van der Waals surface area (Å²) in [5.74, 6) is 1.32. The first kappa shape index (κ1) is 11.0. The van der Waals surface area contributed by atoms with Crippen LogP contribution in [-0.2, 0) is 4.74 Å². The van der Waals surface area contributed by atoms with Gasteiger partial charge < -0.3 is 14.7 Å². The molecule has 1 N–H and O–H groups in total. The van der Waals surface area contributed by atoms with Gasteiger partial charge in [-0.3, -0.25) is 0 Å². The summed E-state index contributed by atoms with van der Waals surface area (Å²) in [6, 6.07) is 0. The Kier molecular flexibility index (Phi) is 3.18. The van der Waals surface area contributed by atoms with Gasteiger partial charge in [-0.15, -0.1) is 0 Å². The molecule has 4 unspecified atom stereocenters. The average molecular weight is 225 g/mol. The summed E-state index contributed by atoms with van der Waals surface area (Å²) in [4.78, 5) is 2.52. The Bertz CT molecular complexity index is 240. The van der Waals surface area contributed by atoms with E-state index in [0.717, 1.165) is 32.0 Å². The molecule has 0 aromatic carbocycles. The Morgan fingerprint density at radius 2 is 2.06 bits per heavy atom. The number of likely N-dealkylation sites (tertiary alicyclic amines) is 1. The molecule has 92 valence electrons. The largest absolute Gasteiger partial charge is 0.393 e. The first-order chi connectivity index (χ1) is 7.83.